The van der Waals surface area contributed by atoms with Gasteiger partial charge in [0.2, 0.25) is 0 Å². The fraction of sp³-hybridized carbons (Fsp3) is 0.176. The van der Waals surface area contributed by atoms with Crippen LogP contribution < -0.4 is 10.2 Å². The summed E-state index contributed by atoms with van der Waals surface area (Å²) in [6.45, 7) is 1.95. The lowest BCUT2D eigenvalue weighted by Crippen LogP contribution is -2.24. The SMILES string of the molecule is CCc1ccc(OCC(=O)N/N=C\c2ccccc2O)cc1. The van der Waals surface area contributed by atoms with E-state index in [4.69, 9.17) is 4.74 Å². The van der Waals surface area contributed by atoms with Crippen molar-refractivity contribution in [3.05, 3.63) is 59.7 Å². The molecule has 0 atom stereocenters. The minimum atomic E-state index is -0.369. The molecule has 0 fully saturated rings. The lowest BCUT2D eigenvalue weighted by Gasteiger charge is -2.05. The smallest absolute Gasteiger partial charge is 0.277 e. The Balaban J connectivity index is 1.79. The Morgan fingerprint density at radius 1 is 1.23 bits per heavy atom. The normalized spacial score (nSPS) is 10.6. The fourth-order valence-electron chi connectivity index (χ4n) is 1.77. The van der Waals surface area contributed by atoms with Crippen LogP contribution in [0.3, 0.4) is 0 Å². The molecule has 2 N–H and O–H groups in total. The van der Waals surface area contributed by atoms with Crippen molar-refractivity contribution in [3.8, 4) is 11.5 Å². The van der Waals surface area contributed by atoms with Crippen molar-refractivity contribution in [2.45, 2.75) is 13.3 Å². The number of aromatic hydroxyl groups is 1. The molecule has 1 amide bonds. The van der Waals surface area contributed by atoms with E-state index in [9.17, 15) is 9.90 Å². The predicted octanol–water partition coefficient (Wildman–Crippen LogP) is 2.48. The second-order valence-electron chi connectivity index (χ2n) is 4.64. The summed E-state index contributed by atoms with van der Waals surface area (Å²) in [6.07, 6.45) is 2.34. The number of hydrogen-bond donors (Lipinski definition) is 2. The summed E-state index contributed by atoms with van der Waals surface area (Å²) in [6, 6.07) is 14.3. The number of amides is 1. The molecule has 2 aromatic rings. The number of nitrogens with one attached hydrogen (secondary N) is 1. The summed E-state index contributed by atoms with van der Waals surface area (Å²) in [5.41, 5.74) is 4.08. The van der Waals surface area contributed by atoms with Gasteiger partial charge in [0.05, 0.1) is 6.21 Å². The van der Waals surface area contributed by atoms with Crippen molar-refractivity contribution in [2.75, 3.05) is 6.61 Å². The lowest BCUT2D eigenvalue weighted by molar-refractivity contribution is -0.123. The van der Waals surface area contributed by atoms with E-state index in [0.29, 0.717) is 11.3 Å². The summed E-state index contributed by atoms with van der Waals surface area (Å²) in [4.78, 5) is 11.6. The van der Waals surface area contributed by atoms with Crippen molar-refractivity contribution in [1.82, 2.24) is 5.43 Å². The summed E-state index contributed by atoms with van der Waals surface area (Å²) < 4.78 is 5.36. The maximum absolute atomic E-state index is 11.6. The van der Waals surface area contributed by atoms with Gasteiger partial charge in [-0.2, -0.15) is 5.10 Å². The van der Waals surface area contributed by atoms with Crippen molar-refractivity contribution in [1.29, 1.82) is 0 Å². The maximum Gasteiger partial charge on any atom is 0.277 e. The van der Waals surface area contributed by atoms with Gasteiger partial charge in [-0.3, -0.25) is 4.79 Å². The Morgan fingerprint density at radius 3 is 2.64 bits per heavy atom. The number of phenols is 1. The molecule has 0 saturated heterocycles. The monoisotopic (exact) mass is 298 g/mol. The van der Waals surface area contributed by atoms with E-state index in [1.807, 2.05) is 24.3 Å². The molecule has 0 aliphatic carbocycles. The average molecular weight is 298 g/mol. The Labute approximate surface area is 129 Å². The van der Waals surface area contributed by atoms with Crippen LogP contribution in [-0.2, 0) is 11.2 Å². The second kappa shape index (κ2) is 7.83. The third-order valence-corrected chi connectivity index (χ3v) is 3.03. The van der Waals surface area contributed by atoms with Crippen molar-refractivity contribution in [3.63, 3.8) is 0 Å². The molecule has 0 aliphatic rings. The largest absolute Gasteiger partial charge is 0.507 e. The van der Waals surface area contributed by atoms with E-state index in [0.717, 1.165) is 6.42 Å². The summed E-state index contributed by atoms with van der Waals surface area (Å²) in [5, 5.41) is 13.3. The standard InChI is InChI=1S/C17H18N2O3/c1-2-13-7-9-15(10-8-13)22-12-17(21)19-18-11-14-5-3-4-6-16(14)20/h3-11,20H,2,12H2,1H3,(H,19,21)/b18-11-. The molecule has 0 radical (unpaired) electrons. The molecule has 5 heteroatoms. The molecule has 0 aromatic heterocycles. The number of hydrazone groups is 1. The van der Waals surface area contributed by atoms with Crippen LogP contribution in [0.1, 0.15) is 18.1 Å². The van der Waals surface area contributed by atoms with Gasteiger partial charge >= 0.3 is 0 Å². The van der Waals surface area contributed by atoms with Crippen LogP contribution in [0, 0.1) is 0 Å². The fourth-order valence-corrected chi connectivity index (χ4v) is 1.77. The van der Waals surface area contributed by atoms with E-state index in [1.54, 1.807) is 24.3 Å². The van der Waals surface area contributed by atoms with Crippen molar-refractivity contribution >= 4 is 12.1 Å². The van der Waals surface area contributed by atoms with Crippen LogP contribution in [0.15, 0.2) is 53.6 Å². The van der Waals surface area contributed by atoms with Gasteiger partial charge in [-0.1, -0.05) is 31.2 Å². The number of ether oxygens (including phenoxy) is 1. The molecule has 5 nitrogen and oxygen atoms in total. The highest BCUT2D eigenvalue weighted by atomic mass is 16.5. The molecule has 0 heterocycles. The molecular formula is C17H18N2O3. The lowest BCUT2D eigenvalue weighted by atomic mass is 10.2. The zero-order valence-corrected chi connectivity index (χ0v) is 12.3. The Kier molecular flexibility index (Phi) is 5.54. The van der Waals surface area contributed by atoms with Gasteiger partial charge in [0.15, 0.2) is 6.61 Å². The molecule has 0 bridgehead atoms. The highest BCUT2D eigenvalue weighted by Gasteiger charge is 2.02. The Hall–Kier alpha value is -2.82. The molecular weight excluding hydrogens is 280 g/mol. The number of benzene rings is 2. The van der Waals surface area contributed by atoms with Crippen LogP contribution in [-0.4, -0.2) is 23.8 Å². The van der Waals surface area contributed by atoms with E-state index in [-0.39, 0.29) is 18.3 Å². The first kappa shape index (κ1) is 15.6. The molecule has 0 saturated carbocycles. The predicted molar refractivity (Wildman–Crippen MR) is 85.2 cm³/mol. The molecule has 22 heavy (non-hydrogen) atoms. The highest BCUT2D eigenvalue weighted by Crippen LogP contribution is 2.13. The quantitative estimate of drug-likeness (QED) is 0.636. The average Bonchev–Trinajstić information content (AvgIpc) is 2.55. The minimum Gasteiger partial charge on any atom is -0.507 e. The van der Waals surface area contributed by atoms with Gasteiger partial charge in [-0.05, 0) is 36.2 Å². The Bertz CT molecular complexity index is 651. The van der Waals surface area contributed by atoms with Crippen molar-refractivity contribution in [2.24, 2.45) is 5.10 Å². The third-order valence-electron chi connectivity index (χ3n) is 3.03. The first-order valence-electron chi connectivity index (χ1n) is 7.00. The van der Waals surface area contributed by atoms with Crippen molar-refractivity contribution < 1.29 is 14.6 Å². The molecule has 114 valence electrons. The highest BCUT2D eigenvalue weighted by molar-refractivity contribution is 5.85. The van der Waals surface area contributed by atoms with Crippen LogP contribution in [0.5, 0.6) is 11.5 Å². The van der Waals surface area contributed by atoms with Gasteiger partial charge in [0.25, 0.3) is 5.91 Å². The number of nitrogens with zero attached hydrogens (tertiary/aromatic N) is 1. The van der Waals surface area contributed by atoms with Crippen LogP contribution in [0.25, 0.3) is 0 Å². The van der Waals surface area contributed by atoms with E-state index in [2.05, 4.69) is 17.5 Å². The number of rotatable bonds is 6. The minimum absolute atomic E-state index is 0.104. The van der Waals surface area contributed by atoms with E-state index >= 15 is 0 Å². The summed E-state index contributed by atoms with van der Waals surface area (Å²) >= 11 is 0. The summed E-state index contributed by atoms with van der Waals surface area (Å²) in [5.74, 6) is 0.371. The zero-order valence-electron chi connectivity index (χ0n) is 12.3. The first-order chi connectivity index (χ1) is 10.7. The van der Waals surface area contributed by atoms with Gasteiger partial charge < -0.3 is 9.84 Å². The second-order valence-corrected chi connectivity index (χ2v) is 4.64. The maximum atomic E-state index is 11.6. The topological polar surface area (TPSA) is 70.9 Å². The van der Waals surface area contributed by atoms with Gasteiger partial charge in [-0.15, -0.1) is 0 Å². The number of carbonyl (C=O) groups is 1. The van der Waals surface area contributed by atoms with E-state index in [1.165, 1.54) is 11.8 Å². The number of carbonyl (C=O) groups excluding carboxylic acids is 1. The molecule has 0 spiro atoms. The zero-order chi connectivity index (χ0) is 15.8. The summed E-state index contributed by atoms with van der Waals surface area (Å²) in [7, 11) is 0. The van der Waals surface area contributed by atoms with Crippen LogP contribution >= 0.6 is 0 Å². The Morgan fingerprint density at radius 2 is 1.95 bits per heavy atom. The number of aryl methyl sites for hydroxylation is 1. The number of phenolic OH excluding ortho intramolecular Hbond substituents is 1. The third kappa shape index (κ3) is 4.63. The first-order valence-corrected chi connectivity index (χ1v) is 7.00. The van der Waals surface area contributed by atoms with Crippen LogP contribution in [0.4, 0.5) is 0 Å². The molecule has 0 aliphatic heterocycles. The number of para-hydroxylation sites is 1. The molecule has 2 rings (SSSR count). The van der Waals surface area contributed by atoms with Gasteiger partial charge in [0.1, 0.15) is 11.5 Å². The van der Waals surface area contributed by atoms with Gasteiger partial charge in [-0.25, -0.2) is 5.43 Å². The van der Waals surface area contributed by atoms with E-state index < -0.39 is 0 Å². The molecule has 0 unspecified atom stereocenters. The van der Waals surface area contributed by atoms with Crippen LogP contribution in [0.2, 0.25) is 0 Å². The molecule has 2 aromatic carbocycles. The van der Waals surface area contributed by atoms with Gasteiger partial charge in [0, 0.05) is 5.56 Å². The number of hydrogen-bond acceptors (Lipinski definition) is 4.